The van der Waals surface area contributed by atoms with Crippen LogP contribution in [-0.2, 0) is 17.7 Å². The second-order valence-electron chi connectivity index (χ2n) is 3.55. The van der Waals surface area contributed by atoms with E-state index in [9.17, 15) is 5.02 Å². The van der Waals surface area contributed by atoms with Crippen molar-refractivity contribution in [2.24, 2.45) is 5.73 Å². The monoisotopic (exact) mass is 191 g/mol. The zero-order chi connectivity index (χ0) is 9.97. The quantitative estimate of drug-likeness (QED) is 0.650. The molecule has 0 aromatic heterocycles. The summed E-state index contributed by atoms with van der Waals surface area (Å²) in [5.41, 5.74) is 8.69. The lowest BCUT2D eigenvalue weighted by Crippen LogP contribution is -2.31. The lowest BCUT2D eigenvalue weighted by Gasteiger charge is -2.06. The van der Waals surface area contributed by atoms with Gasteiger partial charge >= 0.3 is 7.12 Å². The molecule has 1 aromatic carbocycles. The number of hydrogen-bond donors (Lipinski definition) is 2. The van der Waals surface area contributed by atoms with Crippen molar-refractivity contribution in [1.82, 2.24) is 0 Å². The van der Waals surface area contributed by atoms with Gasteiger partial charge in [-0.1, -0.05) is 18.2 Å². The first-order valence-electron chi connectivity index (χ1n) is 4.93. The van der Waals surface area contributed by atoms with Gasteiger partial charge in [-0.05, 0) is 36.0 Å². The molecule has 0 amide bonds. The summed E-state index contributed by atoms with van der Waals surface area (Å²) in [7, 11) is -0.737. The van der Waals surface area contributed by atoms with E-state index >= 15 is 0 Å². The minimum Gasteiger partial charge on any atom is -0.423 e. The van der Waals surface area contributed by atoms with E-state index in [-0.39, 0.29) is 0 Å². The van der Waals surface area contributed by atoms with Crippen molar-refractivity contribution in [2.45, 2.75) is 19.4 Å². The highest BCUT2D eigenvalue weighted by Gasteiger charge is 2.29. The molecule has 0 unspecified atom stereocenters. The van der Waals surface area contributed by atoms with Crippen molar-refractivity contribution < 1.29 is 9.68 Å². The van der Waals surface area contributed by atoms with E-state index in [1.54, 1.807) is 0 Å². The predicted molar refractivity (Wildman–Crippen MR) is 56.2 cm³/mol. The van der Waals surface area contributed by atoms with Gasteiger partial charge in [-0.2, -0.15) is 0 Å². The van der Waals surface area contributed by atoms with E-state index in [1.165, 1.54) is 0 Å². The van der Waals surface area contributed by atoms with Gasteiger partial charge in [0.05, 0.1) is 6.61 Å². The van der Waals surface area contributed by atoms with E-state index in [1.807, 2.05) is 18.2 Å². The van der Waals surface area contributed by atoms with Crippen molar-refractivity contribution in [3.63, 3.8) is 0 Å². The number of benzene rings is 1. The molecule has 3 nitrogen and oxygen atoms in total. The maximum absolute atomic E-state index is 9.61. The Bertz CT molecular complexity index is 330. The largest absolute Gasteiger partial charge is 0.492 e. The van der Waals surface area contributed by atoms with Crippen molar-refractivity contribution in [3.8, 4) is 0 Å². The van der Waals surface area contributed by atoms with E-state index in [2.05, 4.69) is 0 Å². The van der Waals surface area contributed by atoms with E-state index < -0.39 is 7.12 Å². The molecular formula is C10H14BNO2. The third kappa shape index (κ3) is 1.69. The van der Waals surface area contributed by atoms with Crippen LogP contribution < -0.4 is 11.2 Å². The van der Waals surface area contributed by atoms with Crippen molar-refractivity contribution in [2.75, 3.05) is 6.54 Å². The van der Waals surface area contributed by atoms with Gasteiger partial charge in [0.1, 0.15) is 0 Å². The third-order valence-electron chi connectivity index (χ3n) is 2.58. The molecule has 0 bridgehead atoms. The van der Waals surface area contributed by atoms with Gasteiger partial charge in [-0.3, -0.25) is 0 Å². The number of hydrogen-bond acceptors (Lipinski definition) is 3. The summed E-state index contributed by atoms with van der Waals surface area (Å²) >= 11 is 0. The van der Waals surface area contributed by atoms with Crippen LogP contribution in [-0.4, -0.2) is 18.7 Å². The second kappa shape index (κ2) is 4.13. The highest BCUT2D eigenvalue weighted by Crippen LogP contribution is 2.13. The Morgan fingerprint density at radius 1 is 1.50 bits per heavy atom. The van der Waals surface area contributed by atoms with Crippen LogP contribution in [0.5, 0.6) is 0 Å². The fourth-order valence-corrected chi connectivity index (χ4v) is 1.87. The Hall–Kier alpha value is -0.835. The van der Waals surface area contributed by atoms with Gasteiger partial charge < -0.3 is 15.4 Å². The number of aryl methyl sites for hydroxylation is 1. The first-order chi connectivity index (χ1) is 6.83. The molecule has 0 spiro atoms. The van der Waals surface area contributed by atoms with Gasteiger partial charge in [0.25, 0.3) is 0 Å². The number of rotatable bonds is 3. The van der Waals surface area contributed by atoms with Gasteiger partial charge in [0, 0.05) is 0 Å². The highest BCUT2D eigenvalue weighted by atomic mass is 16.5. The molecule has 0 saturated heterocycles. The van der Waals surface area contributed by atoms with Gasteiger partial charge in [0.2, 0.25) is 0 Å². The van der Waals surface area contributed by atoms with Crippen molar-refractivity contribution >= 4 is 12.6 Å². The molecule has 1 aromatic rings. The second-order valence-corrected chi connectivity index (χ2v) is 3.55. The van der Waals surface area contributed by atoms with Crippen LogP contribution in [0.3, 0.4) is 0 Å². The molecule has 3 N–H and O–H groups in total. The van der Waals surface area contributed by atoms with Crippen LogP contribution in [0.4, 0.5) is 0 Å². The molecule has 1 aliphatic heterocycles. The summed E-state index contributed by atoms with van der Waals surface area (Å²) in [5.74, 6) is 0. The Labute approximate surface area is 84.0 Å². The standard InChI is InChI=1S/C10H14BNO2/c12-6-2-5-8-3-1-4-9-7-14-11(13)10(8)9/h1,3-4,13H,2,5-7,12H2. The lowest BCUT2D eigenvalue weighted by atomic mass is 9.75. The van der Waals surface area contributed by atoms with Crippen molar-refractivity contribution in [3.05, 3.63) is 29.3 Å². The molecule has 1 heterocycles. The highest BCUT2D eigenvalue weighted by molar-refractivity contribution is 6.62. The van der Waals surface area contributed by atoms with E-state index in [0.29, 0.717) is 13.2 Å². The average Bonchev–Trinajstić information content (AvgIpc) is 2.58. The Kier molecular flexibility index (Phi) is 2.86. The van der Waals surface area contributed by atoms with Crippen LogP contribution in [0.25, 0.3) is 0 Å². The zero-order valence-electron chi connectivity index (χ0n) is 8.07. The molecule has 0 aliphatic carbocycles. The van der Waals surface area contributed by atoms with Crippen LogP contribution >= 0.6 is 0 Å². The maximum atomic E-state index is 9.61. The first-order valence-corrected chi connectivity index (χ1v) is 4.93. The van der Waals surface area contributed by atoms with Crippen LogP contribution in [0.2, 0.25) is 0 Å². The molecule has 2 rings (SSSR count). The molecule has 0 atom stereocenters. The normalized spacial score (nSPS) is 14.6. The fraction of sp³-hybridized carbons (Fsp3) is 0.400. The minimum atomic E-state index is -0.737. The smallest absolute Gasteiger partial charge is 0.423 e. The van der Waals surface area contributed by atoms with Gasteiger partial charge in [-0.25, -0.2) is 0 Å². The van der Waals surface area contributed by atoms with Crippen LogP contribution in [0.15, 0.2) is 18.2 Å². The van der Waals surface area contributed by atoms with Crippen molar-refractivity contribution in [1.29, 1.82) is 0 Å². The Morgan fingerprint density at radius 2 is 2.36 bits per heavy atom. The Balaban J connectivity index is 2.27. The summed E-state index contributed by atoms with van der Waals surface area (Å²) in [6.07, 6.45) is 1.86. The van der Waals surface area contributed by atoms with Crippen LogP contribution in [0.1, 0.15) is 17.5 Å². The summed E-state index contributed by atoms with van der Waals surface area (Å²) in [5, 5.41) is 9.61. The Morgan fingerprint density at radius 3 is 3.14 bits per heavy atom. The summed E-state index contributed by atoms with van der Waals surface area (Å²) in [6.45, 7) is 1.20. The summed E-state index contributed by atoms with van der Waals surface area (Å²) in [6, 6.07) is 6.04. The molecule has 0 saturated carbocycles. The third-order valence-corrected chi connectivity index (χ3v) is 2.58. The molecular weight excluding hydrogens is 177 g/mol. The molecule has 14 heavy (non-hydrogen) atoms. The predicted octanol–water partition coefficient (Wildman–Crippen LogP) is -0.204. The summed E-state index contributed by atoms with van der Waals surface area (Å²) < 4.78 is 5.17. The lowest BCUT2D eigenvalue weighted by molar-refractivity contribution is 0.275. The zero-order valence-corrected chi connectivity index (χ0v) is 8.07. The molecule has 4 heteroatoms. The maximum Gasteiger partial charge on any atom is 0.492 e. The van der Waals surface area contributed by atoms with Gasteiger partial charge in [-0.15, -0.1) is 0 Å². The fourth-order valence-electron chi connectivity index (χ4n) is 1.87. The molecule has 1 aliphatic rings. The van der Waals surface area contributed by atoms with Gasteiger partial charge in [0.15, 0.2) is 0 Å². The average molecular weight is 191 g/mol. The minimum absolute atomic E-state index is 0.521. The van der Waals surface area contributed by atoms with E-state index in [0.717, 1.165) is 29.4 Å². The number of nitrogens with two attached hydrogens (primary N) is 1. The first kappa shape index (κ1) is 9.71. The van der Waals surface area contributed by atoms with E-state index in [4.69, 9.17) is 10.4 Å². The summed E-state index contributed by atoms with van der Waals surface area (Å²) in [4.78, 5) is 0. The molecule has 0 radical (unpaired) electrons. The topological polar surface area (TPSA) is 55.5 Å². The molecule has 74 valence electrons. The SMILES string of the molecule is NCCCc1cccc2c1B(O)OC2. The number of fused-ring (bicyclic) bond motifs is 1. The van der Waals surface area contributed by atoms with Crippen LogP contribution in [0, 0.1) is 0 Å². The molecule has 0 fully saturated rings.